The third-order valence-electron chi connectivity index (χ3n) is 9.19. The molecule has 20 heteroatoms. The number of fused-ring (bicyclic) bond motifs is 1. The topological polar surface area (TPSA) is 155 Å². The molecule has 0 spiro atoms. The van der Waals surface area contributed by atoms with E-state index in [1.165, 1.54) is 42.4 Å². The minimum Gasteiger partial charge on any atom is -0.478 e. The van der Waals surface area contributed by atoms with Gasteiger partial charge in [-0.2, -0.15) is 30.7 Å². The number of alkyl halides is 7. The summed E-state index contributed by atoms with van der Waals surface area (Å²) in [6.07, 6.45) is -10.5. The second-order valence-corrected chi connectivity index (χ2v) is 13.4. The van der Waals surface area contributed by atoms with Gasteiger partial charge in [-0.15, -0.1) is 0 Å². The number of aromatic nitrogens is 2. The Morgan fingerprint density at radius 3 is 1.97 bits per heavy atom. The summed E-state index contributed by atoms with van der Waals surface area (Å²) in [5.74, 6) is -2.87. The number of hydrogen-bond acceptors (Lipinski definition) is 8. The standard InChI is InChI=1S/C37H32F7N5O4.C4H4O4/c1-46(33(50)24-5-7-26(8-6-24)36(40,41)42)27-9-14-32(45-21-27)52-29-12-13-30-25(19-29)20-31(47(30)2)34(51)49-17-15-48(16-18-49)22-23-3-10-28(11-4-23)53-37(43,44)35(38)39;5-3(6)1-2-4(7)8/h3-14,19-21,35H,15-18,22H2,1-2H3;1-2H,(H,5,6)(H,7,8). The first-order valence-corrected chi connectivity index (χ1v) is 18.0. The zero-order valence-corrected chi connectivity index (χ0v) is 32.2. The van der Waals surface area contributed by atoms with E-state index in [1.807, 2.05) is 6.07 Å². The van der Waals surface area contributed by atoms with Gasteiger partial charge in [-0.05, 0) is 72.3 Å². The molecule has 0 bridgehead atoms. The molecule has 61 heavy (non-hydrogen) atoms. The van der Waals surface area contributed by atoms with E-state index in [9.17, 15) is 49.9 Å². The van der Waals surface area contributed by atoms with Crippen LogP contribution in [0.2, 0.25) is 0 Å². The van der Waals surface area contributed by atoms with Crippen molar-refractivity contribution in [1.82, 2.24) is 19.4 Å². The van der Waals surface area contributed by atoms with Gasteiger partial charge >= 0.3 is 30.6 Å². The number of aliphatic carboxylic acids is 2. The number of carboxylic acids is 2. The van der Waals surface area contributed by atoms with Gasteiger partial charge in [0.1, 0.15) is 17.2 Å². The second kappa shape index (κ2) is 19.0. The summed E-state index contributed by atoms with van der Waals surface area (Å²) >= 11 is 0. The molecular weight excluding hydrogens is 823 g/mol. The van der Waals surface area contributed by atoms with Gasteiger partial charge in [0.15, 0.2) is 0 Å². The lowest BCUT2D eigenvalue weighted by molar-refractivity contribution is -0.253. The molecule has 0 unspecified atom stereocenters. The highest BCUT2D eigenvalue weighted by Crippen LogP contribution is 2.31. The van der Waals surface area contributed by atoms with Crippen molar-refractivity contribution in [3.63, 3.8) is 0 Å². The van der Waals surface area contributed by atoms with E-state index in [0.717, 1.165) is 40.7 Å². The molecule has 0 atom stereocenters. The number of benzene rings is 3. The highest BCUT2D eigenvalue weighted by Gasteiger charge is 2.44. The Bertz CT molecular complexity index is 2360. The van der Waals surface area contributed by atoms with Crippen LogP contribution in [-0.2, 0) is 29.4 Å². The smallest absolute Gasteiger partial charge is 0.461 e. The number of hydrogen-bond donors (Lipinski definition) is 2. The number of amides is 2. The molecule has 5 aromatic rings. The lowest BCUT2D eigenvalue weighted by atomic mass is 10.1. The number of ether oxygens (including phenoxy) is 2. The summed E-state index contributed by atoms with van der Waals surface area (Å²) in [4.78, 5) is 54.9. The monoisotopic (exact) mass is 859 g/mol. The summed E-state index contributed by atoms with van der Waals surface area (Å²) in [5, 5.41) is 16.4. The molecule has 1 fully saturated rings. The zero-order chi connectivity index (χ0) is 44.6. The minimum atomic E-state index is -4.58. The summed E-state index contributed by atoms with van der Waals surface area (Å²) in [6.45, 7) is 2.48. The number of carbonyl (C=O) groups excluding carboxylic acids is 2. The van der Waals surface area contributed by atoms with Gasteiger partial charge in [-0.3, -0.25) is 14.5 Å². The molecule has 2 amide bonds. The normalized spacial score (nSPS) is 13.5. The molecule has 6 rings (SSSR count). The van der Waals surface area contributed by atoms with Crippen molar-refractivity contribution in [2.24, 2.45) is 7.05 Å². The van der Waals surface area contributed by atoms with Crippen molar-refractivity contribution < 1.29 is 69.6 Å². The van der Waals surface area contributed by atoms with Crippen LogP contribution < -0.4 is 14.4 Å². The summed E-state index contributed by atoms with van der Waals surface area (Å²) in [6, 6.07) is 19.7. The molecule has 0 aliphatic carbocycles. The number of anilines is 1. The molecule has 2 N–H and O–H groups in total. The molecule has 1 aliphatic heterocycles. The molecule has 13 nitrogen and oxygen atoms in total. The van der Waals surface area contributed by atoms with Crippen LogP contribution in [-0.4, -0.2) is 99.1 Å². The van der Waals surface area contributed by atoms with Gasteiger partial charge in [0.25, 0.3) is 11.8 Å². The minimum absolute atomic E-state index is 0.0830. The van der Waals surface area contributed by atoms with Crippen LogP contribution in [0.5, 0.6) is 17.4 Å². The lowest BCUT2D eigenvalue weighted by Crippen LogP contribution is -2.48. The number of piperazine rings is 1. The molecule has 3 heterocycles. The predicted molar refractivity (Wildman–Crippen MR) is 205 cm³/mol. The number of carbonyl (C=O) groups is 4. The Balaban J connectivity index is 0.000000800. The first kappa shape index (κ1) is 45.1. The van der Waals surface area contributed by atoms with Crippen molar-refractivity contribution in [3.8, 4) is 17.4 Å². The van der Waals surface area contributed by atoms with Crippen LogP contribution in [0.3, 0.4) is 0 Å². The summed E-state index contributed by atoms with van der Waals surface area (Å²) in [7, 11) is 3.27. The fourth-order valence-electron chi connectivity index (χ4n) is 6.00. The third-order valence-corrected chi connectivity index (χ3v) is 9.19. The van der Waals surface area contributed by atoms with Crippen LogP contribution in [0.1, 0.15) is 32.0 Å². The highest BCUT2D eigenvalue weighted by molar-refractivity contribution is 6.05. The van der Waals surface area contributed by atoms with Gasteiger partial charge in [0.05, 0.1) is 17.4 Å². The van der Waals surface area contributed by atoms with E-state index in [1.54, 1.807) is 46.8 Å². The number of aryl methyl sites for hydroxylation is 1. The van der Waals surface area contributed by atoms with Gasteiger partial charge in [-0.25, -0.2) is 14.6 Å². The maximum atomic E-state index is 13.6. The SMILES string of the molecule is CN(C(=O)c1ccc(C(F)(F)F)cc1)c1ccc(Oc2ccc3c(c2)cc(C(=O)N2CCN(Cc4ccc(OC(F)(F)C(F)F)cc4)CC2)n3C)nc1.O=C(O)C=CC(=O)O. The Morgan fingerprint density at radius 1 is 0.820 bits per heavy atom. The molecule has 3 aromatic carbocycles. The van der Waals surface area contributed by atoms with Crippen molar-refractivity contribution in [1.29, 1.82) is 0 Å². The first-order chi connectivity index (χ1) is 28.7. The van der Waals surface area contributed by atoms with E-state index in [2.05, 4.69) is 14.6 Å². The Morgan fingerprint density at radius 2 is 1.43 bits per heavy atom. The van der Waals surface area contributed by atoms with E-state index >= 15 is 0 Å². The fraction of sp³-hybridized carbons (Fsp3) is 0.244. The third kappa shape index (κ3) is 11.8. The van der Waals surface area contributed by atoms with Gasteiger partial charge < -0.3 is 34.1 Å². The Labute approximate surface area is 342 Å². The summed E-state index contributed by atoms with van der Waals surface area (Å²) < 4.78 is 102. The van der Waals surface area contributed by atoms with Crippen LogP contribution in [0.25, 0.3) is 10.9 Å². The first-order valence-electron chi connectivity index (χ1n) is 18.0. The molecule has 0 saturated carbocycles. The van der Waals surface area contributed by atoms with E-state index in [4.69, 9.17) is 14.9 Å². The van der Waals surface area contributed by atoms with Crippen LogP contribution in [0.4, 0.5) is 36.4 Å². The number of rotatable bonds is 12. The predicted octanol–water partition coefficient (Wildman–Crippen LogP) is 7.57. The van der Waals surface area contributed by atoms with E-state index < -0.39 is 42.1 Å². The number of halogens is 7. The maximum absolute atomic E-state index is 13.6. The summed E-state index contributed by atoms with van der Waals surface area (Å²) in [5.41, 5.74) is 1.68. The molecule has 2 aromatic heterocycles. The van der Waals surface area contributed by atoms with E-state index in [0.29, 0.717) is 62.0 Å². The Hall–Kier alpha value is -6.96. The molecule has 1 saturated heterocycles. The van der Waals surface area contributed by atoms with E-state index in [-0.39, 0.29) is 23.1 Å². The number of carboxylic acid groups (broad SMARTS) is 2. The quantitative estimate of drug-likeness (QED) is 0.0949. The Kier molecular flexibility index (Phi) is 14.0. The average molecular weight is 860 g/mol. The van der Waals surface area contributed by atoms with Crippen molar-refractivity contribution in [2.75, 3.05) is 38.1 Å². The van der Waals surface area contributed by atoms with Gasteiger partial charge in [-0.1, -0.05) is 12.1 Å². The second-order valence-electron chi connectivity index (χ2n) is 13.4. The molecule has 0 radical (unpaired) electrons. The fourth-order valence-corrected chi connectivity index (χ4v) is 6.00. The van der Waals surface area contributed by atoms with Crippen molar-refractivity contribution in [2.45, 2.75) is 25.3 Å². The van der Waals surface area contributed by atoms with Crippen molar-refractivity contribution >= 4 is 40.3 Å². The van der Waals surface area contributed by atoms with Gasteiger partial charge in [0, 0.05) is 81.5 Å². The van der Waals surface area contributed by atoms with Crippen LogP contribution in [0, 0.1) is 0 Å². The average Bonchev–Trinajstić information content (AvgIpc) is 3.55. The molecular formula is C41H36F7N5O8. The number of pyridine rings is 1. The number of nitrogens with zero attached hydrogens (tertiary/aromatic N) is 5. The van der Waals surface area contributed by atoms with Crippen LogP contribution in [0.15, 0.2) is 103 Å². The largest absolute Gasteiger partial charge is 0.478 e. The highest BCUT2D eigenvalue weighted by atomic mass is 19.4. The lowest BCUT2D eigenvalue weighted by Gasteiger charge is -2.34. The van der Waals surface area contributed by atoms with Crippen molar-refractivity contribution in [3.05, 3.63) is 126 Å². The molecule has 1 aliphatic rings. The zero-order valence-electron chi connectivity index (χ0n) is 32.2. The maximum Gasteiger partial charge on any atom is 0.461 e. The molecule has 322 valence electrons. The van der Waals surface area contributed by atoms with Gasteiger partial charge in [0.2, 0.25) is 5.88 Å². The van der Waals surface area contributed by atoms with Crippen LogP contribution >= 0.6 is 0 Å².